The van der Waals surface area contributed by atoms with Gasteiger partial charge in [-0.15, -0.1) is 0 Å². The number of nitrogens with one attached hydrogen (secondary N) is 2. The highest BCUT2D eigenvalue weighted by Crippen LogP contribution is 2.24. The first-order valence-corrected chi connectivity index (χ1v) is 8.96. The molecule has 1 aliphatic heterocycles. The second-order valence-electron chi connectivity index (χ2n) is 6.74. The summed E-state index contributed by atoms with van der Waals surface area (Å²) in [6.45, 7) is 5.36. The summed E-state index contributed by atoms with van der Waals surface area (Å²) in [6, 6.07) is 0. The van der Waals surface area contributed by atoms with Gasteiger partial charge in [-0.05, 0) is 39.8 Å². The Labute approximate surface area is 156 Å². The van der Waals surface area contributed by atoms with Crippen LogP contribution in [0.1, 0.15) is 42.4 Å². The third-order valence-corrected chi connectivity index (χ3v) is 4.81. The summed E-state index contributed by atoms with van der Waals surface area (Å²) < 4.78 is 3.06. The van der Waals surface area contributed by atoms with Gasteiger partial charge in [0.05, 0.1) is 11.5 Å². The Morgan fingerprint density at radius 1 is 1.33 bits per heavy atom. The molecule has 0 unspecified atom stereocenters. The number of hydrogen-bond donors (Lipinski definition) is 2. The molecule has 3 heterocycles. The number of hydrogen-bond acceptors (Lipinski definition) is 7. The van der Waals surface area contributed by atoms with Gasteiger partial charge in [-0.1, -0.05) is 0 Å². The molecule has 0 atom stereocenters. The van der Waals surface area contributed by atoms with Gasteiger partial charge < -0.3 is 5.32 Å². The van der Waals surface area contributed by atoms with Crippen molar-refractivity contribution in [3.05, 3.63) is 27.3 Å². The molecule has 1 amide bonds. The Kier molecular flexibility index (Phi) is 5.49. The maximum absolute atomic E-state index is 12.3. The smallest absolute Gasteiger partial charge is 0.312 e. The number of rotatable bonds is 6. The van der Waals surface area contributed by atoms with E-state index in [2.05, 4.69) is 25.8 Å². The molecule has 0 spiro atoms. The molecule has 146 valence electrons. The van der Waals surface area contributed by atoms with Crippen LogP contribution in [0.15, 0.2) is 0 Å². The summed E-state index contributed by atoms with van der Waals surface area (Å²) in [4.78, 5) is 27.4. The van der Waals surface area contributed by atoms with E-state index in [1.54, 1.807) is 25.6 Å². The van der Waals surface area contributed by atoms with Crippen LogP contribution in [0, 0.1) is 24.0 Å². The zero-order valence-electron chi connectivity index (χ0n) is 15.7. The molecule has 3 rings (SSSR count). The van der Waals surface area contributed by atoms with Crippen molar-refractivity contribution in [1.82, 2.24) is 29.9 Å². The van der Waals surface area contributed by atoms with Gasteiger partial charge in [0.1, 0.15) is 11.4 Å². The van der Waals surface area contributed by atoms with E-state index in [0.29, 0.717) is 23.3 Å². The number of carbonyl (C=O) groups is 1. The fourth-order valence-electron chi connectivity index (χ4n) is 3.33. The molecule has 1 aliphatic rings. The second-order valence-corrected chi connectivity index (χ2v) is 6.74. The Balaban J connectivity index is 1.61. The quantitative estimate of drug-likeness (QED) is 0.568. The van der Waals surface area contributed by atoms with Crippen LogP contribution in [0.4, 0.5) is 11.6 Å². The SMILES string of the molecule is Cc1nn(CCC(=O)Nc2nc(C3CCNCC3)nn2C)c(C)c1[N+](=O)[O-]. The molecule has 1 fully saturated rings. The summed E-state index contributed by atoms with van der Waals surface area (Å²) >= 11 is 0. The van der Waals surface area contributed by atoms with E-state index in [4.69, 9.17) is 0 Å². The lowest BCUT2D eigenvalue weighted by Gasteiger charge is -2.19. The van der Waals surface area contributed by atoms with Gasteiger partial charge >= 0.3 is 5.69 Å². The van der Waals surface area contributed by atoms with Crippen LogP contribution in [0.25, 0.3) is 0 Å². The van der Waals surface area contributed by atoms with Crippen LogP contribution in [-0.2, 0) is 18.4 Å². The van der Waals surface area contributed by atoms with Crippen molar-refractivity contribution < 1.29 is 9.72 Å². The molecule has 0 radical (unpaired) electrons. The van der Waals surface area contributed by atoms with E-state index in [1.165, 1.54) is 4.68 Å². The van der Waals surface area contributed by atoms with Crippen LogP contribution in [0.3, 0.4) is 0 Å². The van der Waals surface area contributed by atoms with Crippen LogP contribution in [-0.4, -0.2) is 48.5 Å². The fraction of sp³-hybridized carbons (Fsp3) is 0.625. The van der Waals surface area contributed by atoms with E-state index < -0.39 is 4.92 Å². The highest BCUT2D eigenvalue weighted by Gasteiger charge is 2.23. The standard InChI is InChI=1S/C16H24N8O3/c1-10-14(24(26)27)11(2)23(20-10)9-6-13(25)18-16-19-15(21-22(16)3)12-4-7-17-8-5-12/h12,17H,4-9H2,1-3H3,(H,18,19,21,25). The average molecular weight is 376 g/mol. The largest absolute Gasteiger partial charge is 0.317 e. The summed E-state index contributed by atoms with van der Waals surface area (Å²) in [6.07, 6.45) is 2.09. The number of aryl methyl sites for hydroxylation is 3. The lowest BCUT2D eigenvalue weighted by molar-refractivity contribution is -0.386. The van der Waals surface area contributed by atoms with Gasteiger partial charge in [0, 0.05) is 19.4 Å². The predicted octanol–water partition coefficient (Wildman–Crippen LogP) is 1.03. The van der Waals surface area contributed by atoms with E-state index >= 15 is 0 Å². The van der Waals surface area contributed by atoms with E-state index in [1.807, 2.05) is 0 Å². The van der Waals surface area contributed by atoms with Gasteiger partial charge in [0.2, 0.25) is 11.9 Å². The van der Waals surface area contributed by atoms with Crippen molar-refractivity contribution in [1.29, 1.82) is 0 Å². The number of nitrogens with zero attached hydrogens (tertiary/aromatic N) is 6. The molecule has 0 aliphatic carbocycles. The number of amides is 1. The minimum atomic E-state index is -0.448. The van der Waals surface area contributed by atoms with Crippen molar-refractivity contribution in [2.24, 2.45) is 7.05 Å². The molecule has 1 saturated heterocycles. The van der Waals surface area contributed by atoms with E-state index in [9.17, 15) is 14.9 Å². The number of nitro groups is 1. The first-order valence-electron chi connectivity index (χ1n) is 8.96. The molecular formula is C16H24N8O3. The Morgan fingerprint density at radius 3 is 2.67 bits per heavy atom. The van der Waals surface area contributed by atoms with Gasteiger partial charge in [0.25, 0.3) is 0 Å². The minimum Gasteiger partial charge on any atom is -0.317 e. The zero-order chi connectivity index (χ0) is 19.6. The third-order valence-electron chi connectivity index (χ3n) is 4.81. The predicted molar refractivity (Wildman–Crippen MR) is 97.4 cm³/mol. The van der Waals surface area contributed by atoms with Crippen LogP contribution >= 0.6 is 0 Å². The fourth-order valence-corrected chi connectivity index (χ4v) is 3.33. The van der Waals surface area contributed by atoms with Crippen molar-refractivity contribution in [2.45, 2.75) is 45.6 Å². The average Bonchev–Trinajstić information content (AvgIpc) is 3.13. The molecule has 2 aromatic heterocycles. The topological polar surface area (TPSA) is 133 Å². The molecule has 27 heavy (non-hydrogen) atoms. The normalized spacial score (nSPS) is 15.1. The molecule has 11 heteroatoms. The van der Waals surface area contributed by atoms with Crippen LogP contribution in [0.5, 0.6) is 0 Å². The Hall–Kier alpha value is -2.82. The molecular weight excluding hydrogens is 352 g/mol. The second kappa shape index (κ2) is 7.82. The highest BCUT2D eigenvalue weighted by molar-refractivity contribution is 5.88. The van der Waals surface area contributed by atoms with Gasteiger partial charge in [-0.3, -0.25) is 24.9 Å². The van der Waals surface area contributed by atoms with Crippen LogP contribution in [0.2, 0.25) is 0 Å². The van der Waals surface area contributed by atoms with Gasteiger partial charge in [-0.2, -0.15) is 15.2 Å². The van der Waals surface area contributed by atoms with Gasteiger partial charge in [-0.25, -0.2) is 4.68 Å². The first kappa shape index (κ1) is 19.0. The monoisotopic (exact) mass is 376 g/mol. The lowest BCUT2D eigenvalue weighted by atomic mass is 9.98. The van der Waals surface area contributed by atoms with Gasteiger partial charge in [0.15, 0.2) is 5.82 Å². The van der Waals surface area contributed by atoms with E-state index in [-0.39, 0.29) is 24.6 Å². The molecule has 0 aromatic carbocycles. The van der Waals surface area contributed by atoms with E-state index in [0.717, 1.165) is 31.8 Å². The number of carbonyl (C=O) groups excluding carboxylic acids is 1. The number of aromatic nitrogens is 5. The summed E-state index contributed by atoms with van der Waals surface area (Å²) in [5, 5.41) is 25.7. The van der Waals surface area contributed by atoms with Crippen molar-refractivity contribution in [2.75, 3.05) is 18.4 Å². The first-order chi connectivity index (χ1) is 12.9. The maximum atomic E-state index is 12.3. The summed E-state index contributed by atoms with van der Waals surface area (Å²) in [7, 11) is 1.75. The van der Waals surface area contributed by atoms with Crippen molar-refractivity contribution >= 4 is 17.5 Å². The molecule has 2 aromatic rings. The molecule has 11 nitrogen and oxygen atoms in total. The third kappa shape index (κ3) is 4.13. The molecule has 0 bridgehead atoms. The molecule has 2 N–H and O–H groups in total. The zero-order valence-corrected chi connectivity index (χ0v) is 15.7. The summed E-state index contributed by atoms with van der Waals surface area (Å²) in [5.74, 6) is 1.23. The Morgan fingerprint density at radius 2 is 2.04 bits per heavy atom. The Bertz CT molecular complexity index is 850. The lowest BCUT2D eigenvalue weighted by Crippen LogP contribution is -2.27. The van der Waals surface area contributed by atoms with Crippen molar-refractivity contribution in [3.63, 3.8) is 0 Å². The minimum absolute atomic E-state index is 0.00433. The highest BCUT2D eigenvalue weighted by atomic mass is 16.6. The van der Waals surface area contributed by atoms with Crippen LogP contribution < -0.4 is 10.6 Å². The number of anilines is 1. The maximum Gasteiger partial charge on any atom is 0.312 e. The number of piperidine rings is 1. The van der Waals surface area contributed by atoms with Crippen molar-refractivity contribution in [3.8, 4) is 0 Å². The summed E-state index contributed by atoms with van der Waals surface area (Å²) in [5.41, 5.74) is 0.783. The molecule has 0 saturated carbocycles.